The van der Waals surface area contributed by atoms with Crippen molar-refractivity contribution in [3.8, 4) is 5.75 Å². The second kappa shape index (κ2) is 8.57. The molecule has 3 rings (SSSR count). The van der Waals surface area contributed by atoms with Crippen LogP contribution < -0.4 is 10.1 Å². The Bertz CT molecular complexity index is 843. The van der Waals surface area contributed by atoms with E-state index in [0.29, 0.717) is 22.9 Å². The molecule has 0 unspecified atom stereocenters. The fourth-order valence-corrected chi connectivity index (χ4v) is 4.50. The highest BCUT2D eigenvalue weighted by atomic mass is 32.1. The number of nitrogens with one attached hydrogen (secondary N) is 1. The summed E-state index contributed by atoms with van der Waals surface area (Å²) in [6, 6.07) is 7.58. The molecule has 0 radical (unpaired) electrons. The number of para-hydroxylation sites is 1. The van der Waals surface area contributed by atoms with Gasteiger partial charge in [0.15, 0.2) is 6.10 Å². The molecule has 1 heterocycles. The summed E-state index contributed by atoms with van der Waals surface area (Å²) in [6.07, 6.45) is 3.27. The van der Waals surface area contributed by atoms with E-state index < -0.39 is 6.10 Å². The maximum atomic E-state index is 12.7. The van der Waals surface area contributed by atoms with Gasteiger partial charge in [-0.05, 0) is 63.6 Å². The summed E-state index contributed by atoms with van der Waals surface area (Å²) in [4.78, 5) is 26.4. The lowest BCUT2D eigenvalue weighted by molar-refractivity contribution is -0.122. The molecule has 1 N–H and O–H groups in total. The first-order valence-corrected chi connectivity index (χ1v) is 10.2. The summed E-state index contributed by atoms with van der Waals surface area (Å²) < 4.78 is 11.0. The Morgan fingerprint density at radius 3 is 2.70 bits per heavy atom. The lowest BCUT2D eigenvalue weighted by atomic mass is 9.95. The summed E-state index contributed by atoms with van der Waals surface area (Å²) in [7, 11) is 0. The van der Waals surface area contributed by atoms with E-state index >= 15 is 0 Å². The molecule has 2 aromatic rings. The summed E-state index contributed by atoms with van der Waals surface area (Å²) in [6.45, 7) is 5.74. The highest BCUT2D eigenvalue weighted by molar-refractivity contribution is 7.17. The van der Waals surface area contributed by atoms with Gasteiger partial charge in [0, 0.05) is 4.88 Å². The number of amides is 1. The van der Waals surface area contributed by atoms with Crippen molar-refractivity contribution in [3.05, 3.63) is 45.8 Å². The number of ether oxygens (including phenoxy) is 2. The first kappa shape index (κ1) is 19.4. The third-order valence-corrected chi connectivity index (χ3v) is 5.86. The van der Waals surface area contributed by atoms with Gasteiger partial charge in [0.05, 0.1) is 12.2 Å². The van der Waals surface area contributed by atoms with Crippen LogP contribution >= 0.6 is 11.3 Å². The quantitative estimate of drug-likeness (QED) is 0.740. The van der Waals surface area contributed by atoms with Gasteiger partial charge in [-0.1, -0.05) is 18.2 Å². The third kappa shape index (κ3) is 4.33. The fraction of sp³-hybridized carbons (Fsp3) is 0.429. The Balaban J connectivity index is 1.80. The summed E-state index contributed by atoms with van der Waals surface area (Å²) in [5, 5.41) is 3.47. The molecule has 1 atom stereocenters. The van der Waals surface area contributed by atoms with E-state index in [-0.39, 0.29) is 11.9 Å². The molecule has 1 aliphatic rings. The number of carbonyl (C=O) groups excluding carboxylic acids is 2. The van der Waals surface area contributed by atoms with Crippen molar-refractivity contribution in [3.63, 3.8) is 0 Å². The van der Waals surface area contributed by atoms with Crippen molar-refractivity contribution < 1.29 is 19.1 Å². The first-order valence-electron chi connectivity index (χ1n) is 9.36. The average Bonchev–Trinajstić information content (AvgIpc) is 3.01. The van der Waals surface area contributed by atoms with Crippen LogP contribution in [0.4, 0.5) is 5.00 Å². The van der Waals surface area contributed by atoms with Gasteiger partial charge >= 0.3 is 5.97 Å². The van der Waals surface area contributed by atoms with Crippen molar-refractivity contribution >= 4 is 28.2 Å². The number of carbonyl (C=O) groups is 2. The van der Waals surface area contributed by atoms with E-state index in [4.69, 9.17) is 9.47 Å². The molecule has 0 saturated heterocycles. The number of fused-ring (bicyclic) bond motifs is 1. The Kier molecular flexibility index (Phi) is 6.16. The van der Waals surface area contributed by atoms with Crippen LogP contribution in [0.5, 0.6) is 5.75 Å². The zero-order chi connectivity index (χ0) is 19.4. The van der Waals surface area contributed by atoms with E-state index in [1.54, 1.807) is 13.8 Å². The Morgan fingerprint density at radius 1 is 1.22 bits per heavy atom. The van der Waals surface area contributed by atoms with Crippen molar-refractivity contribution in [1.29, 1.82) is 0 Å². The van der Waals surface area contributed by atoms with Gasteiger partial charge in [-0.2, -0.15) is 0 Å². The molecule has 6 heteroatoms. The number of hydrogen-bond acceptors (Lipinski definition) is 5. The predicted molar refractivity (Wildman–Crippen MR) is 107 cm³/mol. The van der Waals surface area contributed by atoms with Crippen LogP contribution in [0, 0.1) is 6.92 Å². The number of rotatable bonds is 6. The van der Waals surface area contributed by atoms with Crippen LogP contribution in [0.1, 0.15) is 53.1 Å². The molecule has 1 aromatic heterocycles. The summed E-state index contributed by atoms with van der Waals surface area (Å²) in [5.41, 5.74) is 2.52. The van der Waals surface area contributed by atoms with Gasteiger partial charge < -0.3 is 14.8 Å². The van der Waals surface area contributed by atoms with Crippen molar-refractivity contribution in [2.75, 3.05) is 11.9 Å². The summed E-state index contributed by atoms with van der Waals surface area (Å²) >= 11 is 1.48. The van der Waals surface area contributed by atoms with Crippen LogP contribution in [0.15, 0.2) is 24.3 Å². The molecule has 1 aromatic carbocycles. The maximum absolute atomic E-state index is 12.7. The van der Waals surface area contributed by atoms with Gasteiger partial charge in [0.1, 0.15) is 10.8 Å². The fourth-order valence-electron chi connectivity index (χ4n) is 3.22. The molecule has 0 saturated carbocycles. The number of benzene rings is 1. The number of aryl methyl sites for hydroxylation is 2. The normalized spacial score (nSPS) is 14.2. The van der Waals surface area contributed by atoms with Crippen molar-refractivity contribution in [2.45, 2.75) is 52.6 Å². The topological polar surface area (TPSA) is 64.6 Å². The lowest BCUT2D eigenvalue weighted by Gasteiger charge is -2.16. The molecular weight excluding hydrogens is 362 g/mol. The van der Waals surface area contributed by atoms with Crippen molar-refractivity contribution in [1.82, 2.24) is 0 Å². The molecule has 5 nitrogen and oxygen atoms in total. The van der Waals surface area contributed by atoms with Crippen LogP contribution in [0.3, 0.4) is 0 Å². The molecule has 0 spiro atoms. The van der Waals surface area contributed by atoms with Crippen LogP contribution in [0.25, 0.3) is 0 Å². The molecule has 0 aliphatic heterocycles. The van der Waals surface area contributed by atoms with Gasteiger partial charge in [0.25, 0.3) is 5.91 Å². The predicted octanol–water partition coefficient (Wildman–Crippen LogP) is 4.52. The SMILES string of the molecule is CCOC(=O)c1c(NC(=O)[C@H](C)Oc2ccccc2C)sc2c1CCCC2. The zero-order valence-electron chi connectivity index (χ0n) is 16.0. The third-order valence-electron chi connectivity index (χ3n) is 4.65. The summed E-state index contributed by atoms with van der Waals surface area (Å²) in [5.74, 6) is 0.0401. The van der Waals surface area contributed by atoms with Gasteiger partial charge in [-0.15, -0.1) is 11.3 Å². The van der Waals surface area contributed by atoms with Crippen LogP contribution in [-0.2, 0) is 22.4 Å². The maximum Gasteiger partial charge on any atom is 0.341 e. The highest BCUT2D eigenvalue weighted by Gasteiger charge is 2.28. The smallest absolute Gasteiger partial charge is 0.341 e. The molecular formula is C21H25NO4S. The van der Waals surface area contributed by atoms with Crippen LogP contribution in [0.2, 0.25) is 0 Å². The number of esters is 1. The van der Waals surface area contributed by atoms with E-state index in [1.165, 1.54) is 16.2 Å². The molecule has 144 valence electrons. The lowest BCUT2D eigenvalue weighted by Crippen LogP contribution is -2.30. The molecule has 1 amide bonds. The Hall–Kier alpha value is -2.34. The number of hydrogen-bond donors (Lipinski definition) is 1. The van der Waals surface area contributed by atoms with Gasteiger partial charge in [0.2, 0.25) is 0 Å². The van der Waals surface area contributed by atoms with Crippen LogP contribution in [-0.4, -0.2) is 24.6 Å². The average molecular weight is 388 g/mol. The Morgan fingerprint density at radius 2 is 1.96 bits per heavy atom. The minimum atomic E-state index is -0.680. The minimum absolute atomic E-state index is 0.276. The van der Waals surface area contributed by atoms with Gasteiger partial charge in [-0.3, -0.25) is 4.79 Å². The second-order valence-electron chi connectivity index (χ2n) is 6.65. The number of thiophene rings is 1. The highest BCUT2D eigenvalue weighted by Crippen LogP contribution is 2.38. The number of anilines is 1. The van der Waals surface area contributed by atoms with E-state index in [0.717, 1.165) is 36.8 Å². The monoisotopic (exact) mass is 387 g/mol. The molecule has 1 aliphatic carbocycles. The minimum Gasteiger partial charge on any atom is -0.481 e. The standard InChI is InChI=1S/C21H25NO4S/c1-4-25-21(24)18-15-10-6-8-12-17(15)27-20(18)22-19(23)14(3)26-16-11-7-5-9-13(16)2/h5,7,9,11,14H,4,6,8,10,12H2,1-3H3,(H,22,23)/t14-/m0/s1. The van der Waals surface area contributed by atoms with E-state index in [2.05, 4.69) is 5.32 Å². The second-order valence-corrected chi connectivity index (χ2v) is 7.76. The van der Waals surface area contributed by atoms with Gasteiger partial charge in [-0.25, -0.2) is 4.79 Å². The van der Waals surface area contributed by atoms with E-state index in [9.17, 15) is 9.59 Å². The van der Waals surface area contributed by atoms with Crippen molar-refractivity contribution in [2.24, 2.45) is 0 Å². The first-order chi connectivity index (χ1) is 13.0. The van der Waals surface area contributed by atoms with E-state index in [1.807, 2.05) is 31.2 Å². The molecule has 0 bridgehead atoms. The Labute approximate surface area is 163 Å². The molecule has 27 heavy (non-hydrogen) atoms. The molecule has 0 fully saturated rings. The zero-order valence-corrected chi connectivity index (χ0v) is 16.8. The largest absolute Gasteiger partial charge is 0.481 e.